The van der Waals surface area contributed by atoms with Crippen molar-refractivity contribution in [3.05, 3.63) is 23.8 Å². The van der Waals surface area contributed by atoms with E-state index in [1.54, 1.807) is 0 Å². The fourth-order valence-corrected chi connectivity index (χ4v) is 3.95. The molecule has 0 amide bonds. The van der Waals surface area contributed by atoms with Gasteiger partial charge in [0.15, 0.2) is 0 Å². The first-order valence-electron chi connectivity index (χ1n) is 8.35. The van der Waals surface area contributed by atoms with E-state index in [0.717, 1.165) is 0 Å². The molecule has 0 aromatic rings. The Hall–Kier alpha value is 0.440. The highest BCUT2D eigenvalue weighted by Crippen LogP contribution is 2.40. The number of rotatable bonds is 10. The Bertz CT molecular complexity index is 319. The average molecular weight is 406 g/mol. The van der Waals surface area contributed by atoms with E-state index in [1.807, 2.05) is 0 Å². The van der Waals surface area contributed by atoms with Gasteiger partial charge in [-0.05, 0) is 19.3 Å². The minimum Gasteiger partial charge on any atom is -0.0826 e. The topological polar surface area (TPSA) is 0 Å². The zero-order valence-electron chi connectivity index (χ0n) is 13.1. The normalized spacial score (nSPS) is 25.8. The van der Waals surface area contributed by atoms with Gasteiger partial charge in [-0.15, -0.1) is 0 Å². The molecular weight excluding hydrogens is 376 g/mol. The summed E-state index contributed by atoms with van der Waals surface area (Å²) in [6.07, 6.45) is 20.3. The second-order valence-corrected chi connectivity index (χ2v) is 8.49. The van der Waals surface area contributed by atoms with E-state index in [2.05, 4.69) is 63.9 Å². The lowest BCUT2D eigenvalue weighted by molar-refractivity contribution is 0.575. The molecule has 2 unspecified atom stereocenters. The lowest BCUT2D eigenvalue weighted by atomic mass is 9.89. The molecule has 20 heavy (non-hydrogen) atoms. The number of alkyl halides is 2. The minimum atomic E-state index is 0.133. The summed E-state index contributed by atoms with van der Waals surface area (Å²) in [5.41, 5.74) is 1.51. The second-order valence-electron chi connectivity index (χ2n) is 6.02. The third-order valence-electron chi connectivity index (χ3n) is 4.13. The SMILES string of the molecule is CCCCCCC1=CC(Br)C(Br)(CCCCCC)C=C1. The zero-order chi connectivity index (χ0) is 14.8. The van der Waals surface area contributed by atoms with Crippen molar-refractivity contribution in [3.8, 4) is 0 Å². The van der Waals surface area contributed by atoms with Crippen molar-refractivity contribution < 1.29 is 0 Å². The van der Waals surface area contributed by atoms with Crippen LogP contribution in [0, 0.1) is 0 Å². The van der Waals surface area contributed by atoms with Crippen LogP contribution in [0.2, 0.25) is 0 Å². The van der Waals surface area contributed by atoms with Gasteiger partial charge in [0.2, 0.25) is 0 Å². The molecule has 2 atom stereocenters. The van der Waals surface area contributed by atoms with Gasteiger partial charge in [-0.3, -0.25) is 0 Å². The van der Waals surface area contributed by atoms with E-state index < -0.39 is 0 Å². The molecular formula is C18H30Br2. The predicted molar refractivity (Wildman–Crippen MR) is 99.1 cm³/mol. The number of hydrogen-bond donors (Lipinski definition) is 0. The van der Waals surface area contributed by atoms with Crippen LogP contribution in [0.4, 0.5) is 0 Å². The van der Waals surface area contributed by atoms with Crippen molar-refractivity contribution in [1.29, 1.82) is 0 Å². The maximum Gasteiger partial charge on any atom is 0.0599 e. The Labute approximate surface area is 142 Å². The van der Waals surface area contributed by atoms with Crippen LogP contribution in [-0.2, 0) is 0 Å². The van der Waals surface area contributed by atoms with Crippen LogP contribution in [0.25, 0.3) is 0 Å². The molecule has 116 valence electrons. The Balaban J connectivity index is 2.37. The van der Waals surface area contributed by atoms with E-state index in [1.165, 1.54) is 69.8 Å². The second kappa shape index (κ2) is 10.2. The molecule has 0 heterocycles. The molecule has 0 spiro atoms. The van der Waals surface area contributed by atoms with Gasteiger partial charge >= 0.3 is 0 Å². The average Bonchev–Trinajstić information content (AvgIpc) is 2.44. The first-order chi connectivity index (χ1) is 9.62. The maximum atomic E-state index is 3.96. The molecule has 0 bridgehead atoms. The van der Waals surface area contributed by atoms with Gasteiger partial charge in [-0.25, -0.2) is 0 Å². The molecule has 0 radical (unpaired) electrons. The molecule has 0 aromatic carbocycles. The van der Waals surface area contributed by atoms with E-state index >= 15 is 0 Å². The molecule has 0 fully saturated rings. The number of allylic oxidation sites excluding steroid dienone is 4. The van der Waals surface area contributed by atoms with Crippen LogP contribution in [0.5, 0.6) is 0 Å². The van der Waals surface area contributed by atoms with Crippen LogP contribution < -0.4 is 0 Å². The summed E-state index contributed by atoms with van der Waals surface area (Å²) in [7, 11) is 0. The molecule has 1 aliphatic rings. The fraction of sp³-hybridized carbons (Fsp3) is 0.778. The van der Waals surface area contributed by atoms with E-state index in [9.17, 15) is 0 Å². The summed E-state index contributed by atoms with van der Waals surface area (Å²) in [4.78, 5) is 0.433. The van der Waals surface area contributed by atoms with Crippen LogP contribution in [0.3, 0.4) is 0 Å². The van der Waals surface area contributed by atoms with Crippen molar-refractivity contribution in [1.82, 2.24) is 0 Å². The standard InChI is InChI=1S/C18H30Br2/c1-3-5-7-9-11-16-12-14-18(20,17(19)15-16)13-10-8-6-4-2/h12,14-15,17H,3-11,13H2,1-2H3. The highest BCUT2D eigenvalue weighted by Gasteiger charge is 2.32. The third kappa shape index (κ3) is 6.47. The summed E-state index contributed by atoms with van der Waals surface area (Å²) >= 11 is 7.82. The summed E-state index contributed by atoms with van der Waals surface area (Å²) in [5, 5.41) is 0. The lowest BCUT2D eigenvalue weighted by Gasteiger charge is -2.31. The highest BCUT2D eigenvalue weighted by molar-refractivity contribution is 9.12. The van der Waals surface area contributed by atoms with Gasteiger partial charge in [0.05, 0.1) is 9.15 Å². The zero-order valence-corrected chi connectivity index (χ0v) is 16.3. The van der Waals surface area contributed by atoms with Gasteiger partial charge in [-0.2, -0.15) is 0 Å². The van der Waals surface area contributed by atoms with Gasteiger partial charge < -0.3 is 0 Å². The van der Waals surface area contributed by atoms with Crippen LogP contribution >= 0.6 is 31.9 Å². The highest BCUT2D eigenvalue weighted by atomic mass is 79.9. The lowest BCUT2D eigenvalue weighted by Crippen LogP contribution is -2.30. The summed E-state index contributed by atoms with van der Waals surface area (Å²) < 4.78 is 0.133. The van der Waals surface area contributed by atoms with Crippen molar-refractivity contribution in [2.75, 3.05) is 0 Å². The fourth-order valence-electron chi connectivity index (χ4n) is 2.69. The number of hydrogen-bond acceptors (Lipinski definition) is 0. The summed E-state index contributed by atoms with van der Waals surface area (Å²) in [5.74, 6) is 0. The van der Waals surface area contributed by atoms with Gasteiger partial charge in [-0.1, -0.05) is 114 Å². The first kappa shape index (κ1) is 18.5. The molecule has 0 aromatic heterocycles. The molecule has 0 N–H and O–H groups in total. The van der Waals surface area contributed by atoms with Crippen LogP contribution in [-0.4, -0.2) is 9.15 Å². The minimum absolute atomic E-state index is 0.133. The Morgan fingerprint density at radius 1 is 1.00 bits per heavy atom. The number of unbranched alkanes of at least 4 members (excludes halogenated alkanes) is 6. The van der Waals surface area contributed by atoms with E-state index in [0.29, 0.717) is 4.83 Å². The Kier molecular flexibility index (Phi) is 9.44. The Morgan fingerprint density at radius 3 is 2.25 bits per heavy atom. The monoisotopic (exact) mass is 404 g/mol. The molecule has 0 saturated heterocycles. The largest absolute Gasteiger partial charge is 0.0826 e. The molecule has 2 heteroatoms. The summed E-state index contributed by atoms with van der Waals surface area (Å²) in [6, 6.07) is 0. The van der Waals surface area contributed by atoms with Crippen molar-refractivity contribution in [3.63, 3.8) is 0 Å². The van der Waals surface area contributed by atoms with Gasteiger partial charge in [0.1, 0.15) is 0 Å². The quantitative estimate of drug-likeness (QED) is 0.263. The molecule has 1 rings (SSSR count). The number of halogens is 2. The predicted octanol–water partition coefficient (Wildman–Crippen LogP) is 7.32. The van der Waals surface area contributed by atoms with Crippen molar-refractivity contribution in [2.24, 2.45) is 0 Å². The van der Waals surface area contributed by atoms with E-state index in [-0.39, 0.29) is 4.32 Å². The van der Waals surface area contributed by atoms with Crippen LogP contribution in [0.1, 0.15) is 78.1 Å². The van der Waals surface area contributed by atoms with Crippen LogP contribution in [0.15, 0.2) is 23.8 Å². The van der Waals surface area contributed by atoms with Crippen molar-refractivity contribution >= 4 is 31.9 Å². The smallest absolute Gasteiger partial charge is 0.0599 e. The van der Waals surface area contributed by atoms with E-state index in [4.69, 9.17) is 0 Å². The molecule has 0 aliphatic heterocycles. The molecule has 0 nitrogen and oxygen atoms in total. The first-order valence-corrected chi connectivity index (χ1v) is 10.1. The molecule has 0 saturated carbocycles. The van der Waals surface area contributed by atoms with Gasteiger partial charge in [0, 0.05) is 0 Å². The Morgan fingerprint density at radius 2 is 1.65 bits per heavy atom. The van der Waals surface area contributed by atoms with Gasteiger partial charge in [0.25, 0.3) is 0 Å². The third-order valence-corrected chi connectivity index (χ3v) is 6.98. The summed E-state index contributed by atoms with van der Waals surface area (Å²) in [6.45, 7) is 4.54. The molecule has 1 aliphatic carbocycles. The maximum absolute atomic E-state index is 3.96. The van der Waals surface area contributed by atoms with Crippen molar-refractivity contribution in [2.45, 2.75) is 87.2 Å².